The van der Waals surface area contributed by atoms with Crippen molar-refractivity contribution in [2.45, 2.75) is 44.4 Å². The molecule has 112 valence electrons. The number of amides is 1. The molecule has 1 amide bonds. The second kappa shape index (κ2) is 6.79. The molecule has 1 aliphatic heterocycles. The van der Waals surface area contributed by atoms with E-state index in [1.165, 1.54) is 36.8 Å². The number of carbonyl (C=O) groups is 1. The molecule has 0 radical (unpaired) electrons. The summed E-state index contributed by atoms with van der Waals surface area (Å²) in [5, 5.41) is 3.05. The fraction of sp³-hybridized carbons (Fsp3) is 0.500. The van der Waals surface area contributed by atoms with Crippen LogP contribution < -0.4 is 10.1 Å². The molecular weight excluding hydrogens is 262 g/mol. The lowest BCUT2D eigenvalue weighted by Gasteiger charge is -2.13. The SMILES string of the molecule is O=C(CC1COc2ccccc21)NCCC1=CCCCC1. The van der Waals surface area contributed by atoms with E-state index < -0.39 is 0 Å². The molecule has 3 rings (SSSR count). The molecule has 21 heavy (non-hydrogen) atoms. The summed E-state index contributed by atoms with van der Waals surface area (Å²) >= 11 is 0. The number of nitrogens with one attached hydrogen (secondary N) is 1. The minimum atomic E-state index is 0.136. The quantitative estimate of drug-likeness (QED) is 0.840. The van der Waals surface area contributed by atoms with Gasteiger partial charge in [0.2, 0.25) is 5.91 Å². The van der Waals surface area contributed by atoms with Gasteiger partial charge in [-0.3, -0.25) is 4.79 Å². The fourth-order valence-electron chi connectivity index (χ4n) is 3.19. The third kappa shape index (κ3) is 3.66. The molecule has 1 aliphatic carbocycles. The molecule has 0 aromatic heterocycles. The lowest BCUT2D eigenvalue weighted by molar-refractivity contribution is -0.121. The molecule has 1 heterocycles. The predicted molar refractivity (Wildman–Crippen MR) is 83.5 cm³/mol. The Labute approximate surface area is 126 Å². The van der Waals surface area contributed by atoms with Gasteiger partial charge in [-0.1, -0.05) is 29.8 Å². The number of fused-ring (bicyclic) bond motifs is 1. The summed E-state index contributed by atoms with van der Waals surface area (Å²) in [5.41, 5.74) is 2.68. The minimum Gasteiger partial charge on any atom is -0.493 e. The highest BCUT2D eigenvalue weighted by molar-refractivity contribution is 5.77. The maximum Gasteiger partial charge on any atom is 0.220 e. The van der Waals surface area contributed by atoms with Crippen molar-refractivity contribution in [3.05, 3.63) is 41.5 Å². The summed E-state index contributed by atoms with van der Waals surface area (Å²) < 4.78 is 5.62. The molecule has 1 aromatic rings. The van der Waals surface area contributed by atoms with Gasteiger partial charge in [-0.15, -0.1) is 0 Å². The van der Waals surface area contributed by atoms with Crippen molar-refractivity contribution in [3.63, 3.8) is 0 Å². The molecule has 1 aromatic carbocycles. The van der Waals surface area contributed by atoms with E-state index in [0.717, 1.165) is 18.7 Å². The Hall–Kier alpha value is -1.77. The van der Waals surface area contributed by atoms with E-state index in [1.54, 1.807) is 0 Å². The van der Waals surface area contributed by atoms with Gasteiger partial charge in [0.1, 0.15) is 5.75 Å². The van der Waals surface area contributed by atoms with Gasteiger partial charge >= 0.3 is 0 Å². The Bertz CT molecular complexity index is 536. The van der Waals surface area contributed by atoms with Gasteiger partial charge in [0.15, 0.2) is 0 Å². The number of carbonyl (C=O) groups excluding carboxylic acids is 1. The summed E-state index contributed by atoms with van der Waals surface area (Å²) in [4.78, 5) is 12.1. The third-order valence-electron chi connectivity index (χ3n) is 4.38. The number of rotatable bonds is 5. The van der Waals surface area contributed by atoms with Crippen LogP contribution in [0.1, 0.15) is 50.0 Å². The summed E-state index contributed by atoms with van der Waals surface area (Å²) in [6.07, 6.45) is 8.91. The average molecular weight is 285 g/mol. The Morgan fingerprint density at radius 1 is 1.29 bits per heavy atom. The highest BCUT2D eigenvalue weighted by atomic mass is 16.5. The van der Waals surface area contributed by atoms with Crippen LogP contribution in [0.5, 0.6) is 5.75 Å². The zero-order valence-electron chi connectivity index (χ0n) is 12.4. The van der Waals surface area contributed by atoms with E-state index >= 15 is 0 Å². The Kier molecular flexibility index (Phi) is 4.59. The van der Waals surface area contributed by atoms with Crippen LogP contribution in [-0.2, 0) is 4.79 Å². The van der Waals surface area contributed by atoms with E-state index in [2.05, 4.69) is 17.5 Å². The van der Waals surface area contributed by atoms with Crippen LogP contribution in [0.2, 0.25) is 0 Å². The van der Waals surface area contributed by atoms with Crippen molar-refractivity contribution in [3.8, 4) is 5.75 Å². The largest absolute Gasteiger partial charge is 0.493 e. The van der Waals surface area contributed by atoms with Crippen molar-refractivity contribution in [2.24, 2.45) is 0 Å². The third-order valence-corrected chi connectivity index (χ3v) is 4.38. The zero-order valence-corrected chi connectivity index (χ0v) is 12.4. The Morgan fingerprint density at radius 3 is 3.05 bits per heavy atom. The normalized spacial score (nSPS) is 20.4. The monoisotopic (exact) mass is 285 g/mol. The lowest BCUT2D eigenvalue weighted by atomic mass is 9.96. The van der Waals surface area contributed by atoms with Crippen molar-refractivity contribution in [1.29, 1.82) is 0 Å². The second-order valence-electron chi connectivity index (χ2n) is 5.96. The molecule has 2 aliphatic rings. The van der Waals surface area contributed by atoms with Crippen LogP contribution in [0.15, 0.2) is 35.9 Å². The molecule has 0 saturated heterocycles. The molecule has 3 heteroatoms. The number of para-hydroxylation sites is 1. The number of hydrogen-bond donors (Lipinski definition) is 1. The average Bonchev–Trinajstić information content (AvgIpc) is 2.92. The lowest BCUT2D eigenvalue weighted by Crippen LogP contribution is -2.26. The Balaban J connectivity index is 1.44. The van der Waals surface area contributed by atoms with Crippen LogP contribution in [0.25, 0.3) is 0 Å². The molecule has 3 nitrogen and oxygen atoms in total. The number of benzene rings is 1. The van der Waals surface area contributed by atoms with Gasteiger partial charge in [-0.2, -0.15) is 0 Å². The first-order valence-corrected chi connectivity index (χ1v) is 7.99. The van der Waals surface area contributed by atoms with Crippen LogP contribution in [-0.4, -0.2) is 19.1 Å². The van der Waals surface area contributed by atoms with E-state index in [4.69, 9.17) is 4.74 Å². The first-order valence-electron chi connectivity index (χ1n) is 7.99. The van der Waals surface area contributed by atoms with E-state index in [0.29, 0.717) is 13.0 Å². The van der Waals surface area contributed by atoms with Crippen molar-refractivity contribution in [1.82, 2.24) is 5.32 Å². The van der Waals surface area contributed by atoms with Crippen LogP contribution in [0.3, 0.4) is 0 Å². The standard InChI is InChI=1S/C18H23NO2/c20-18(19-11-10-14-6-2-1-3-7-14)12-15-13-21-17-9-5-4-8-16(15)17/h4-6,8-9,15H,1-3,7,10-13H2,(H,19,20). The highest BCUT2D eigenvalue weighted by Crippen LogP contribution is 2.35. The van der Waals surface area contributed by atoms with E-state index in [-0.39, 0.29) is 11.8 Å². The van der Waals surface area contributed by atoms with Crippen molar-refractivity contribution >= 4 is 5.91 Å². The second-order valence-corrected chi connectivity index (χ2v) is 5.96. The van der Waals surface area contributed by atoms with Gasteiger partial charge in [0, 0.05) is 24.4 Å². The molecule has 1 atom stereocenters. The number of ether oxygens (including phenoxy) is 1. The number of hydrogen-bond acceptors (Lipinski definition) is 2. The summed E-state index contributed by atoms with van der Waals surface area (Å²) in [6, 6.07) is 8.02. The maximum absolute atomic E-state index is 12.1. The molecule has 0 bridgehead atoms. The van der Waals surface area contributed by atoms with Crippen LogP contribution >= 0.6 is 0 Å². The minimum absolute atomic E-state index is 0.136. The van der Waals surface area contributed by atoms with E-state index in [1.807, 2.05) is 18.2 Å². The van der Waals surface area contributed by atoms with Crippen LogP contribution in [0, 0.1) is 0 Å². The zero-order chi connectivity index (χ0) is 14.5. The summed E-state index contributed by atoms with van der Waals surface area (Å²) in [6.45, 7) is 1.39. The van der Waals surface area contributed by atoms with Crippen LogP contribution in [0.4, 0.5) is 0 Å². The highest BCUT2D eigenvalue weighted by Gasteiger charge is 2.25. The molecule has 0 saturated carbocycles. The van der Waals surface area contributed by atoms with Crippen molar-refractivity contribution in [2.75, 3.05) is 13.2 Å². The smallest absolute Gasteiger partial charge is 0.220 e. The predicted octanol–water partition coefficient (Wildman–Crippen LogP) is 3.56. The summed E-state index contributed by atoms with van der Waals surface area (Å²) in [7, 11) is 0. The first-order chi connectivity index (χ1) is 10.3. The fourth-order valence-corrected chi connectivity index (χ4v) is 3.19. The molecule has 0 spiro atoms. The van der Waals surface area contributed by atoms with Gasteiger partial charge in [-0.05, 0) is 38.2 Å². The van der Waals surface area contributed by atoms with Crippen molar-refractivity contribution < 1.29 is 9.53 Å². The Morgan fingerprint density at radius 2 is 2.19 bits per heavy atom. The van der Waals surface area contributed by atoms with E-state index in [9.17, 15) is 4.79 Å². The molecular formula is C18H23NO2. The van der Waals surface area contributed by atoms with Gasteiger partial charge in [-0.25, -0.2) is 0 Å². The van der Waals surface area contributed by atoms with Gasteiger partial charge in [0.05, 0.1) is 6.61 Å². The molecule has 1 N–H and O–H groups in total. The molecule has 0 fully saturated rings. The summed E-state index contributed by atoms with van der Waals surface area (Å²) in [5.74, 6) is 1.27. The first kappa shape index (κ1) is 14.2. The van der Waals surface area contributed by atoms with Gasteiger partial charge in [0.25, 0.3) is 0 Å². The number of allylic oxidation sites excluding steroid dienone is 1. The maximum atomic E-state index is 12.1. The topological polar surface area (TPSA) is 38.3 Å². The van der Waals surface area contributed by atoms with Gasteiger partial charge < -0.3 is 10.1 Å². The molecule has 1 unspecified atom stereocenters.